The van der Waals surface area contributed by atoms with E-state index in [4.69, 9.17) is 5.73 Å². The van der Waals surface area contributed by atoms with Crippen molar-refractivity contribution in [2.45, 2.75) is 38.6 Å². The average molecular weight is 328 g/mol. The molecule has 0 saturated carbocycles. The molecule has 1 saturated heterocycles. The number of rotatable bonds is 4. The lowest BCUT2D eigenvalue weighted by Gasteiger charge is -2.24. The van der Waals surface area contributed by atoms with E-state index in [9.17, 15) is 14.4 Å². The Labute approximate surface area is 138 Å². The Balaban J connectivity index is 2.09. The van der Waals surface area contributed by atoms with Gasteiger partial charge in [-0.1, -0.05) is 6.07 Å². The number of nitrogens with one attached hydrogen (secondary N) is 1. The highest BCUT2D eigenvalue weighted by atomic mass is 16.2. The third-order valence-corrected chi connectivity index (χ3v) is 4.33. The van der Waals surface area contributed by atoms with E-state index in [1.165, 1.54) is 4.57 Å². The number of nitrogens with zero attached hydrogens (tertiary/aromatic N) is 2. The van der Waals surface area contributed by atoms with Crippen LogP contribution in [0, 0.1) is 6.92 Å². The number of carbonyl (C=O) groups is 2. The first-order valence-corrected chi connectivity index (χ1v) is 8.07. The number of aryl methyl sites for hydroxylation is 2. The number of benzene rings is 1. The SMILES string of the molecule is Cc1nc2ccc(CCCN)cc2c(=O)n1C1CCC(=O)NC1=O. The molecule has 0 radical (unpaired) electrons. The van der Waals surface area contributed by atoms with E-state index in [0.29, 0.717) is 29.7 Å². The Hall–Kier alpha value is -2.54. The molecule has 2 amide bonds. The Kier molecular flexibility index (Phi) is 4.44. The van der Waals surface area contributed by atoms with Crippen molar-refractivity contribution in [3.8, 4) is 0 Å². The van der Waals surface area contributed by atoms with Crippen molar-refractivity contribution in [3.63, 3.8) is 0 Å². The van der Waals surface area contributed by atoms with Crippen LogP contribution in [-0.4, -0.2) is 27.9 Å². The van der Waals surface area contributed by atoms with E-state index in [0.717, 1.165) is 18.4 Å². The van der Waals surface area contributed by atoms with Crippen LogP contribution >= 0.6 is 0 Å². The summed E-state index contributed by atoms with van der Waals surface area (Å²) in [5, 5.41) is 2.78. The van der Waals surface area contributed by atoms with Gasteiger partial charge in [0.15, 0.2) is 0 Å². The van der Waals surface area contributed by atoms with Crippen molar-refractivity contribution >= 4 is 22.7 Å². The Bertz CT molecular complexity index is 872. The third-order valence-electron chi connectivity index (χ3n) is 4.33. The van der Waals surface area contributed by atoms with Gasteiger partial charge in [-0.15, -0.1) is 0 Å². The van der Waals surface area contributed by atoms with Crippen LogP contribution in [-0.2, 0) is 16.0 Å². The number of hydrogen-bond acceptors (Lipinski definition) is 5. The highest BCUT2D eigenvalue weighted by Gasteiger charge is 2.30. The predicted octanol–water partition coefficient (Wildman–Crippen LogP) is 0.574. The summed E-state index contributed by atoms with van der Waals surface area (Å²) < 4.78 is 1.40. The van der Waals surface area contributed by atoms with Gasteiger partial charge >= 0.3 is 0 Å². The molecule has 3 N–H and O–H groups in total. The lowest BCUT2D eigenvalue weighted by molar-refractivity contribution is -0.135. The van der Waals surface area contributed by atoms with Gasteiger partial charge in [0.1, 0.15) is 11.9 Å². The lowest BCUT2D eigenvalue weighted by Crippen LogP contribution is -2.45. The van der Waals surface area contributed by atoms with E-state index in [-0.39, 0.29) is 17.9 Å². The summed E-state index contributed by atoms with van der Waals surface area (Å²) in [6.07, 6.45) is 2.16. The molecular weight excluding hydrogens is 308 g/mol. The van der Waals surface area contributed by atoms with Crippen molar-refractivity contribution < 1.29 is 9.59 Å². The van der Waals surface area contributed by atoms with Crippen LogP contribution in [0.15, 0.2) is 23.0 Å². The van der Waals surface area contributed by atoms with E-state index < -0.39 is 11.9 Å². The standard InChI is InChI=1S/C17H20N4O3/c1-10-19-13-5-4-11(3-2-8-18)9-12(13)17(24)21(10)14-6-7-15(22)20-16(14)23/h4-5,9,14H,2-3,6-8,18H2,1H3,(H,20,22,23). The zero-order valence-electron chi connectivity index (χ0n) is 13.5. The molecule has 1 unspecified atom stereocenters. The highest BCUT2D eigenvalue weighted by molar-refractivity contribution is 5.99. The zero-order valence-corrected chi connectivity index (χ0v) is 13.5. The van der Waals surface area contributed by atoms with E-state index >= 15 is 0 Å². The van der Waals surface area contributed by atoms with Gasteiger partial charge in [-0.25, -0.2) is 4.98 Å². The van der Waals surface area contributed by atoms with Crippen LogP contribution in [0.25, 0.3) is 10.9 Å². The zero-order chi connectivity index (χ0) is 17.3. The van der Waals surface area contributed by atoms with Gasteiger partial charge in [0.2, 0.25) is 11.8 Å². The summed E-state index contributed by atoms with van der Waals surface area (Å²) in [5.74, 6) is -0.284. The van der Waals surface area contributed by atoms with Crippen LogP contribution < -0.4 is 16.6 Å². The summed E-state index contributed by atoms with van der Waals surface area (Å²) in [6.45, 7) is 2.29. The first-order valence-electron chi connectivity index (χ1n) is 8.07. The molecule has 24 heavy (non-hydrogen) atoms. The largest absolute Gasteiger partial charge is 0.330 e. The fraction of sp³-hybridized carbons (Fsp3) is 0.412. The van der Waals surface area contributed by atoms with Crippen LogP contribution in [0.5, 0.6) is 0 Å². The van der Waals surface area contributed by atoms with Gasteiger partial charge in [0, 0.05) is 6.42 Å². The molecule has 2 aromatic rings. The fourth-order valence-corrected chi connectivity index (χ4v) is 3.11. The summed E-state index contributed by atoms with van der Waals surface area (Å²) >= 11 is 0. The summed E-state index contributed by atoms with van der Waals surface area (Å²) in [7, 11) is 0. The summed E-state index contributed by atoms with van der Waals surface area (Å²) in [5.41, 5.74) is 6.92. The molecular formula is C17H20N4O3. The maximum atomic E-state index is 12.9. The van der Waals surface area contributed by atoms with Crippen molar-refractivity contribution in [2.75, 3.05) is 6.54 Å². The summed E-state index contributed by atoms with van der Waals surface area (Å²) in [6, 6.07) is 4.90. The number of amides is 2. The number of nitrogens with two attached hydrogens (primary N) is 1. The number of hydrogen-bond donors (Lipinski definition) is 2. The minimum Gasteiger partial charge on any atom is -0.330 e. The quantitative estimate of drug-likeness (QED) is 0.798. The molecule has 7 heteroatoms. The molecule has 0 aliphatic carbocycles. The van der Waals surface area contributed by atoms with Crippen molar-refractivity contribution in [1.29, 1.82) is 0 Å². The van der Waals surface area contributed by atoms with Crippen LogP contribution in [0.2, 0.25) is 0 Å². The van der Waals surface area contributed by atoms with Gasteiger partial charge in [-0.3, -0.25) is 24.3 Å². The molecule has 7 nitrogen and oxygen atoms in total. The second kappa shape index (κ2) is 6.52. The third kappa shape index (κ3) is 2.94. The van der Waals surface area contributed by atoms with Gasteiger partial charge in [0.05, 0.1) is 10.9 Å². The van der Waals surface area contributed by atoms with Crippen molar-refractivity contribution in [3.05, 3.63) is 39.9 Å². The van der Waals surface area contributed by atoms with Gasteiger partial charge in [0.25, 0.3) is 5.56 Å². The smallest absolute Gasteiger partial charge is 0.262 e. The van der Waals surface area contributed by atoms with Gasteiger partial charge in [-0.05, 0) is 50.4 Å². The van der Waals surface area contributed by atoms with E-state index in [1.807, 2.05) is 18.2 Å². The minimum atomic E-state index is -0.695. The topological polar surface area (TPSA) is 107 Å². The first-order chi connectivity index (χ1) is 11.5. The van der Waals surface area contributed by atoms with E-state index in [1.54, 1.807) is 6.92 Å². The fourth-order valence-electron chi connectivity index (χ4n) is 3.11. The molecule has 2 heterocycles. The van der Waals surface area contributed by atoms with Gasteiger partial charge in [-0.2, -0.15) is 0 Å². The molecule has 1 aromatic heterocycles. The maximum Gasteiger partial charge on any atom is 0.262 e. The molecule has 1 atom stereocenters. The Morgan fingerprint density at radius 1 is 1.33 bits per heavy atom. The first kappa shape index (κ1) is 16.3. The Morgan fingerprint density at radius 2 is 2.12 bits per heavy atom. The molecule has 1 aliphatic heterocycles. The highest BCUT2D eigenvalue weighted by Crippen LogP contribution is 2.20. The normalized spacial score (nSPS) is 18.0. The molecule has 0 spiro atoms. The summed E-state index contributed by atoms with van der Waals surface area (Å²) in [4.78, 5) is 40.8. The Morgan fingerprint density at radius 3 is 2.83 bits per heavy atom. The van der Waals surface area contributed by atoms with Crippen LogP contribution in [0.3, 0.4) is 0 Å². The number of piperidine rings is 1. The van der Waals surface area contributed by atoms with Crippen LogP contribution in [0.4, 0.5) is 0 Å². The molecule has 3 rings (SSSR count). The second-order valence-corrected chi connectivity index (χ2v) is 6.04. The number of imide groups is 1. The number of fused-ring (bicyclic) bond motifs is 1. The van der Waals surface area contributed by atoms with E-state index in [2.05, 4.69) is 10.3 Å². The molecule has 126 valence electrons. The van der Waals surface area contributed by atoms with Crippen molar-refractivity contribution in [1.82, 2.24) is 14.9 Å². The van der Waals surface area contributed by atoms with Gasteiger partial charge < -0.3 is 5.73 Å². The number of carbonyl (C=O) groups excluding carboxylic acids is 2. The predicted molar refractivity (Wildman–Crippen MR) is 89.5 cm³/mol. The molecule has 1 aromatic carbocycles. The monoisotopic (exact) mass is 328 g/mol. The minimum absolute atomic E-state index is 0.219. The molecule has 1 fully saturated rings. The lowest BCUT2D eigenvalue weighted by atomic mass is 10.0. The van der Waals surface area contributed by atoms with Crippen molar-refractivity contribution in [2.24, 2.45) is 5.73 Å². The molecule has 1 aliphatic rings. The second-order valence-electron chi connectivity index (χ2n) is 6.04. The molecule has 0 bridgehead atoms. The average Bonchev–Trinajstić information content (AvgIpc) is 2.55. The number of aromatic nitrogens is 2. The maximum absolute atomic E-state index is 12.9. The van der Waals surface area contributed by atoms with Crippen LogP contribution in [0.1, 0.15) is 36.7 Å².